The van der Waals surface area contributed by atoms with Gasteiger partial charge in [0.05, 0.1) is 5.02 Å². The van der Waals surface area contributed by atoms with Crippen LogP contribution in [0.1, 0.15) is 30.7 Å². The Labute approximate surface area is 127 Å². The predicted octanol–water partition coefficient (Wildman–Crippen LogP) is 5.27. The second kappa shape index (κ2) is 5.84. The normalized spacial score (nSPS) is 16.4. The van der Waals surface area contributed by atoms with Crippen LogP contribution in [0.4, 0.5) is 4.39 Å². The first-order chi connectivity index (χ1) is 9.69. The molecule has 4 heteroatoms. The molecule has 0 bridgehead atoms. The van der Waals surface area contributed by atoms with E-state index >= 15 is 0 Å². The quantitative estimate of drug-likeness (QED) is 0.793. The molecule has 2 aromatic rings. The van der Waals surface area contributed by atoms with E-state index in [0.717, 1.165) is 22.9 Å². The molecule has 0 spiro atoms. The molecular formula is C16H17ClFNS. The molecule has 1 aromatic carbocycles. The maximum absolute atomic E-state index is 13.5. The summed E-state index contributed by atoms with van der Waals surface area (Å²) < 4.78 is 13.5. The number of thiophene rings is 1. The molecule has 1 N–H and O–H groups in total. The zero-order valence-corrected chi connectivity index (χ0v) is 12.9. The third kappa shape index (κ3) is 2.90. The van der Waals surface area contributed by atoms with Crippen LogP contribution in [0.25, 0.3) is 10.4 Å². The van der Waals surface area contributed by atoms with E-state index < -0.39 is 0 Å². The summed E-state index contributed by atoms with van der Waals surface area (Å²) in [5.41, 5.74) is 0.897. The number of benzene rings is 1. The topological polar surface area (TPSA) is 12.0 Å². The zero-order valence-electron chi connectivity index (χ0n) is 11.3. The summed E-state index contributed by atoms with van der Waals surface area (Å²) in [6.45, 7) is 3.11. The second-order valence-corrected chi connectivity index (χ2v) is 6.73. The Morgan fingerprint density at radius 1 is 1.35 bits per heavy atom. The summed E-state index contributed by atoms with van der Waals surface area (Å²) >= 11 is 7.48. The molecule has 1 nitrogen and oxygen atoms in total. The van der Waals surface area contributed by atoms with E-state index in [1.165, 1.54) is 23.8 Å². The smallest absolute Gasteiger partial charge is 0.142 e. The van der Waals surface area contributed by atoms with Crippen LogP contribution in [0.5, 0.6) is 0 Å². The van der Waals surface area contributed by atoms with Crippen molar-refractivity contribution < 1.29 is 4.39 Å². The van der Waals surface area contributed by atoms with Gasteiger partial charge in [0.1, 0.15) is 5.82 Å². The monoisotopic (exact) mass is 309 g/mol. The number of halogens is 2. The van der Waals surface area contributed by atoms with Crippen molar-refractivity contribution in [1.29, 1.82) is 0 Å². The molecule has 0 amide bonds. The minimum atomic E-state index is -0.357. The van der Waals surface area contributed by atoms with E-state index in [4.69, 9.17) is 11.6 Å². The van der Waals surface area contributed by atoms with Gasteiger partial charge in [-0.25, -0.2) is 4.39 Å². The molecule has 0 radical (unpaired) electrons. The van der Waals surface area contributed by atoms with Crippen molar-refractivity contribution in [3.05, 3.63) is 46.0 Å². The second-order valence-electron chi connectivity index (χ2n) is 5.20. The van der Waals surface area contributed by atoms with Gasteiger partial charge in [0.25, 0.3) is 0 Å². The number of hydrogen-bond acceptors (Lipinski definition) is 2. The minimum absolute atomic E-state index is 0.175. The van der Waals surface area contributed by atoms with E-state index in [9.17, 15) is 4.39 Å². The number of nitrogens with one attached hydrogen (secondary N) is 1. The average Bonchev–Trinajstić information content (AvgIpc) is 3.16. The molecule has 0 saturated heterocycles. The summed E-state index contributed by atoms with van der Waals surface area (Å²) in [6.07, 6.45) is 2.61. The predicted molar refractivity (Wildman–Crippen MR) is 83.9 cm³/mol. The van der Waals surface area contributed by atoms with Crippen molar-refractivity contribution in [3.8, 4) is 10.4 Å². The SMILES string of the molecule is CCNC(c1ccc(-c2ccc(Cl)c(F)c2)s1)C1CC1. The molecule has 1 aromatic heterocycles. The first-order valence-corrected chi connectivity index (χ1v) is 8.17. The fraction of sp³-hybridized carbons (Fsp3) is 0.375. The Hall–Kier alpha value is -0.900. The molecule has 1 saturated carbocycles. The van der Waals surface area contributed by atoms with Gasteiger partial charge >= 0.3 is 0 Å². The van der Waals surface area contributed by atoms with Crippen LogP contribution in [0.2, 0.25) is 5.02 Å². The average molecular weight is 310 g/mol. The maximum atomic E-state index is 13.5. The summed E-state index contributed by atoms with van der Waals surface area (Å²) in [4.78, 5) is 2.44. The summed E-state index contributed by atoms with van der Waals surface area (Å²) in [6, 6.07) is 9.70. The Morgan fingerprint density at radius 2 is 2.15 bits per heavy atom. The molecule has 3 rings (SSSR count). The molecule has 0 aliphatic heterocycles. The number of hydrogen-bond donors (Lipinski definition) is 1. The van der Waals surface area contributed by atoms with E-state index in [1.807, 2.05) is 6.07 Å². The fourth-order valence-corrected chi connectivity index (χ4v) is 3.76. The van der Waals surface area contributed by atoms with Gasteiger partial charge in [-0.2, -0.15) is 0 Å². The van der Waals surface area contributed by atoms with Crippen LogP contribution in [0, 0.1) is 11.7 Å². The van der Waals surface area contributed by atoms with Gasteiger partial charge in [0, 0.05) is 15.8 Å². The van der Waals surface area contributed by atoms with E-state index in [-0.39, 0.29) is 10.8 Å². The first kappa shape index (κ1) is 14.1. The maximum Gasteiger partial charge on any atom is 0.142 e. The number of rotatable bonds is 5. The fourth-order valence-electron chi connectivity index (χ4n) is 2.47. The lowest BCUT2D eigenvalue weighted by atomic mass is 10.1. The van der Waals surface area contributed by atoms with E-state index in [0.29, 0.717) is 6.04 Å². The van der Waals surface area contributed by atoms with Gasteiger partial charge < -0.3 is 5.32 Å². The summed E-state index contributed by atoms with van der Waals surface area (Å²) in [7, 11) is 0. The van der Waals surface area contributed by atoms with Gasteiger partial charge in [-0.1, -0.05) is 24.6 Å². The van der Waals surface area contributed by atoms with Gasteiger partial charge in [0.15, 0.2) is 0 Å². The molecule has 1 aliphatic rings. The summed E-state index contributed by atoms with van der Waals surface area (Å²) in [5.74, 6) is 0.410. The first-order valence-electron chi connectivity index (χ1n) is 6.97. The molecule has 1 aliphatic carbocycles. The lowest BCUT2D eigenvalue weighted by molar-refractivity contribution is 0.504. The van der Waals surface area contributed by atoms with Crippen molar-refractivity contribution in [3.63, 3.8) is 0 Å². The Balaban J connectivity index is 1.86. The molecule has 20 heavy (non-hydrogen) atoms. The Morgan fingerprint density at radius 3 is 2.80 bits per heavy atom. The molecule has 1 atom stereocenters. The highest BCUT2D eigenvalue weighted by Gasteiger charge is 2.32. The molecule has 106 valence electrons. The third-order valence-corrected chi connectivity index (χ3v) is 5.18. The Bertz CT molecular complexity index is 606. The van der Waals surface area contributed by atoms with Crippen LogP contribution in [-0.4, -0.2) is 6.54 Å². The highest BCUT2D eigenvalue weighted by molar-refractivity contribution is 7.15. The van der Waals surface area contributed by atoms with Crippen LogP contribution in [0.15, 0.2) is 30.3 Å². The van der Waals surface area contributed by atoms with Gasteiger partial charge in [0.2, 0.25) is 0 Å². The third-order valence-electron chi connectivity index (χ3n) is 3.65. The molecule has 1 unspecified atom stereocenters. The van der Waals surface area contributed by atoms with Crippen LogP contribution >= 0.6 is 22.9 Å². The standard InChI is InChI=1S/C16H17ClFNS/c1-2-19-16(10-3-4-10)15-8-7-14(20-15)11-5-6-12(17)13(18)9-11/h5-10,16,19H,2-4H2,1H3. The van der Waals surface area contributed by atoms with Crippen molar-refractivity contribution in [2.24, 2.45) is 5.92 Å². The Kier molecular flexibility index (Phi) is 4.11. The van der Waals surface area contributed by atoms with Crippen molar-refractivity contribution in [2.45, 2.75) is 25.8 Å². The molecular weight excluding hydrogens is 293 g/mol. The lowest BCUT2D eigenvalue weighted by Gasteiger charge is -2.15. The van der Waals surface area contributed by atoms with Crippen LogP contribution in [-0.2, 0) is 0 Å². The van der Waals surface area contributed by atoms with Gasteiger partial charge in [-0.05, 0) is 55.1 Å². The van der Waals surface area contributed by atoms with Crippen molar-refractivity contribution in [1.82, 2.24) is 5.32 Å². The van der Waals surface area contributed by atoms with Crippen LogP contribution < -0.4 is 5.32 Å². The highest BCUT2D eigenvalue weighted by atomic mass is 35.5. The highest BCUT2D eigenvalue weighted by Crippen LogP contribution is 2.44. The van der Waals surface area contributed by atoms with E-state index in [2.05, 4.69) is 24.4 Å². The lowest BCUT2D eigenvalue weighted by Crippen LogP contribution is -2.21. The van der Waals surface area contributed by atoms with Crippen molar-refractivity contribution >= 4 is 22.9 Å². The minimum Gasteiger partial charge on any atom is -0.309 e. The van der Waals surface area contributed by atoms with Crippen molar-refractivity contribution in [2.75, 3.05) is 6.54 Å². The van der Waals surface area contributed by atoms with Gasteiger partial charge in [-0.3, -0.25) is 0 Å². The van der Waals surface area contributed by atoms with Crippen LogP contribution in [0.3, 0.4) is 0 Å². The largest absolute Gasteiger partial charge is 0.309 e. The van der Waals surface area contributed by atoms with E-state index in [1.54, 1.807) is 17.4 Å². The van der Waals surface area contributed by atoms with Gasteiger partial charge in [-0.15, -0.1) is 11.3 Å². The molecule has 1 heterocycles. The zero-order chi connectivity index (χ0) is 14.1. The molecule has 1 fully saturated rings. The summed E-state index contributed by atoms with van der Waals surface area (Å²) in [5, 5.41) is 3.74.